The van der Waals surface area contributed by atoms with Crippen molar-refractivity contribution in [3.8, 4) is 0 Å². The van der Waals surface area contributed by atoms with Crippen LogP contribution in [0.5, 0.6) is 0 Å². The summed E-state index contributed by atoms with van der Waals surface area (Å²) in [6.07, 6.45) is -2.97. The van der Waals surface area contributed by atoms with Gasteiger partial charge in [-0.15, -0.1) is 0 Å². The summed E-state index contributed by atoms with van der Waals surface area (Å²) in [4.78, 5) is 12.8. The fourth-order valence-corrected chi connectivity index (χ4v) is 2.08. The number of carbonyl (C=O) groups is 1. The smallest absolute Gasteiger partial charge is 0.334 e. The van der Waals surface area contributed by atoms with E-state index < -0.39 is 18.6 Å². The third kappa shape index (κ3) is 8.86. The van der Waals surface area contributed by atoms with Crippen LogP contribution in [0.15, 0.2) is 0 Å². The standard InChI is InChI=1S/C13H25F3N2O/c1-4-5-18(9-13(14,15)16)12(19)7-11(8-17)6-10(2)3/h10-11H,4-9,17H2,1-3H3. The van der Waals surface area contributed by atoms with E-state index in [9.17, 15) is 18.0 Å². The summed E-state index contributed by atoms with van der Waals surface area (Å²) >= 11 is 0. The Labute approximate surface area is 113 Å². The Kier molecular flexibility index (Phi) is 8.06. The summed E-state index contributed by atoms with van der Waals surface area (Å²) in [5.74, 6) is -0.112. The first-order chi connectivity index (χ1) is 8.69. The molecule has 19 heavy (non-hydrogen) atoms. The van der Waals surface area contributed by atoms with Gasteiger partial charge in [0.2, 0.25) is 5.91 Å². The average molecular weight is 282 g/mol. The van der Waals surface area contributed by atoms with Gasteiger partial charge in [0, 0.05) is 13.0 Å². The van der Waals surface area contributed by atoms with Gasteiger partial charge < -0.3 is 10.6 Å². The third-order valence-corrected chi connectivity index (χ3v) is 2.82. The molecule has 0 aliphatic heterocycles. The SMILES string of the molecule is CCCN(CC(F)(F)F)C(=O)CC(CN)CC(C)C. The maximum atomic E-state index is 12.4. The van der Waals surface area contributed by atoms with Crippen molar-refractivity contribution in [1.82, 2.24) is 4.90 Å². The van der Waals surface area contributed by atoms with Crippen LogP contribution in [-0.2, 0) is 4.79 Å². The maximum Gasteiger partial charge on any atom is 0.406 e. The topological polar surface area (TPSA) is 46.3 Å². The van der Waals surface area contributed by atoms with Gasteiger partial charge in [-0.25, -0.2) is 0 Å². The Hall–Kier alpha value is -0.780. The van der Waals surface area contributed by atoms with Crippen LogP contribution in [0, 0.1) is 11.8 Å². The number of nitrogens with zero attached hydrogens (tertiary/aromatic N) is 1. The van der Waals surface area contributed by atoms with Crippen molar-refractivity contribution in [3.63, 3.8) is 0 Å². The molecule has 0 rings (SSSR count). The lowest BCUT2D eigenvalue weighted by atomic mass is 9.93. The van der Waals surface area contributed by atoms with Crippen LogP contribution in [0.25, 0.3) is 0 Å². The van der Waals surface area contributed by atoms with E-state index in [0.29, 0.717) is 18.9 Å². The van der Waals surface area contributed by atoms with Crippen LogP contribution in [0.3, 0.4) is 0 Å². The maximum absolute atomic E-state index is 12.4. The van der Waals surface area contributed by atoms with E-state index in [2.05, 4.69) is 0 Å². The van der Waals surface area contributed by atoms with Crippen molar-refractivity contribution in [2.24, 2.45) is 17.6 Å². The predicted octanol–water partition coefficient (Wildman–Crippen LogP) is 2.80. The molecule has 0 aliphatic rings. The van der Waals surface area contributed by atoms with Crippen LogP contribution in [-0.4, -0.2) is 36.6 Å². The molecule has 6 heteroatoms. The minimum atomic E-state index is -4.35. The van der Waals surface area contributed by atoms with E-state index in [0.717, 1.165) is 11.3 Å². The van der Waals surface area contributed by atoms with Crippen LogP contribution < -0.4 is 5.73 Å². The predicted molar refractivity (Wildman–Crippen MR) is 69.5 cm³/mol. The molecule has 0 aromatic rings. The molecule has 0 fully saturated rings. The van der Waals surface area contributed by atoms with E-state index in [1.807, 2.05) is 13.8 Å². The van der Waals surface area contributed by atoms with E-state index in [1.165, 1.54) is 0 Å². The number of carbonyl (C=O) groups excluding carboxylic acids is 1. The summed E-state index contributed by atoms with van der Waals surface area (Å²) < 4.78 is 37.2. The lowest BCUT2D eigenvalue weighted by Crippen LogP contribution is -2.40. The first kappa shape index (κ1) is 18.2. The van der Waals surface area contributed by atoms with Crippen molar-refractivity contribution >= 4 is 5.91 Å². The van der Waals surface area contributed by atoms with Crippen molar-refractivity contribution in [1.29, 1.82) is 0 Å². The van der Waals surface area contributed by atoms with Crippen molar-refractivity contribution in [2.45, 2.75) is 46.2 Å². The zero-order chi connectivity index (χ0) is 15.1. The number of nitrogens with two attached hydrogens (primary N) is 1. The summed E-state index contributed by atoms with van der Waals surface area (Å²) in [5.41, 5.74) is 5.58. The highest BCUT2D eigenvalue weighted by molar-refractivity contribution is 5.76. The molecule has 3 nitrogen and oxygen atoms in total. The van der Waals surface area contributed by atoms with Gasteiger partial charge >= 0.3 is 6.18 Å². The van der Waals surface area contributed by atoms with Gasteiger partial charge in [-0.1, -0.05) is 20.8 Å². The quantitative estimate of drug-likeness (QED) is 0.744. The first-order valence-electron chi connectivity index (χ1n) is 6.74. The Morgan fingerprint density at radius 1 is 1.32 bits per heavy atom. The second kappa shape index (κ2) is 8.40. The van der Waals surface area contributed by atoms with Crippen molar-refractivity contribution in [2.75, 3.05) is 19.6 Å². The van der Waals surface area contributed by atoms with Crippen molar-refractivity contribution in [3.05, 3.63) is 0 Å². The molecule has 0 saturated heterocycles. The molecule has 0 aromatic carbocycles. The third-order valence-electron chi connectivity index (χ3n) is 2.82. The monoisotopic (exact) mass is 282 g/mol. The summed E-state index contributed by atoms with van der Waals surface area (Å²) in [5, 5.41) is 0. The van der Waals surface area contributed by atoms with Gasteiger partial charge in [0.1, 0.15) is 6.54 Å². The van der Waals surface area contributed by atoms with Crippen LogP contribution in [0.4, 0.5) is 13.2 Å². The second-order valence-corrected chi connectivity index (χ2v) is 5.37. The van der Waals surface area contributed by atoms with E-state index in [-0.39, 0.29) is 18.9 Å². The average Bonchev–Trinajstić information content (AvgIpc) is 2.25. The largest absolute Gasteiger partial charge is 0.406 e. The van der Waals surface area contributed by atoms with Gasteiger partial charge in [-0.2, -0.15) is 13.2 Å². The lowest BCUT2D eigenvalue weighted by Gasteiger charge is -2.26. The minimum Gasteiger partial charge on any atom is -0.334 e. The van der Waals surface area contributed by atoms with Crippen LogP contribution >= 0.6 is 0 Å². The molecule has 1 atom stereocenters. The molecule has 0 radical (unpaired) electrons. The van der Waals surface area contributed by atoms with E-state index in [4.69, 9.17) is 5.73 Å². The Balaban J connectivity index is 4.53. The number of alkyl halides is 3. The Morgan fingerprint density at radius 2 is 1.89 bits per heavy atom. The number of halogens is 3. The fraction of sp³-hybridized carbons (Fsp3) is 0.923. The molecular formula is C13H25F3N2O. The van der Waals surface area contributed by atoms with Gasteiger partial charge in [0.05, 0.1) is 0 Å². The van der Waals surface area contributed by atoms with Gasteiger partial charge in [-0.05, 0) is 31.2 Å². The molecule has 0 spiro atoms. The number of hydrogen-bond donors (Lipinski definition) is 1. The molecule has 0 aromatic heterocycles. The molecule has 114 valence electrons. The number of rotatable bonds is 8. The van der Waals surface area contributed by atoms with Gasteiger partial charge in [-0.3, -0.25) is 4.79 Å². The number of hydrogen-bond acceptors (Lipinski definition) is 2. The molecule has 1 unspecified atom stereocenters. The zero-order valence-electron chi connectivity index (χ0n) is 12.0. The molecule has 0 bridgehead atoms. The molecule has 0 heterocycles. The Morgan fingerprint density at radius 3 is 2.26 bits per heavy atom. The summed E-state index contributed by atoms with van der Waals surface area (Å²) in [6, 6.07) is 0. The van der Waals surface area contributed by atoms with Crippen molar-refractivity contribution < 1.29 is 18.0 Å². The van der Waals surface area contributed by atoms with E-state index >= 15 is 0 Å². The Bertz CT molecular complexity index is 267. The van der Waals surface area contributed by atoms with E-state index in [1.54, 1.807) is 6.92 Å². The molecule has 0 aliphatic carbocycles. The summed E-state index contributed by atoms with van der Waals surface area (Å²) in [6.45, 7) is 5.07. The molecular weight excluding hydrogens is 257 g/mol. The van der Waals surface area contributed by atoms with Crippen LogP contribution in [0.2, 0.25) is 0 Å². The molecule has 2 N–H and O–H groups in total. The fourth-order valence-electron chi connectivity index (χ4n) is 2.08. The minimum absolute atomic E-state index is 0.0416. The molecule has 1 amide bonds. The first-order valence-corrected chi connectivity index (χ1v) is 6.74. The highest BCUT2D eigenvalue weighted by atomic mass is 19.4. The zero-order valence-corrected chi connectivity index (χ0v) is 12.0. The van der Waals surface area contributed by atoms with Gasteiger partial charge in [0.15, 0.2) is 0 Å². The van der Waals surface area contributed by atoms with Gasteiger partial charge in [0.25, 0.3) is 0 Å². The highest BCUT2D eigenvalue weighted by Gasteiger charge is 2.33. The lowest BCUT2D eigenvalue weighted by molar-refractivity contribution is -0.161. The second-order valence-electron chi connectivity index (χ2n) is 5.37. The number of amides is 1. The normalized spacial score (nSPS) is 13.7. The summed E-state index contributed by atoms with van der Waals surface area (Å²) in [7, 11) is 0. The van der Waals surface area contributed by atoms with Crippen LogP contribution in [0.1, 0.15) is 40.0 Å². The highest BCUT2D eigenvalue weighted by Crippen LogP contribution is 2.20. The molecule has 0 saturated carbocycles.